The van der Waals surface area contributed by atoms with E-state index in [1.54, 1.807) is 50.4 Å². The van der Waals surface area contributed by atoms with Crippen molar-refractivity contribution in [2.75, 3.05) is 37.4 Å². The number of nitrogens with zero attached hydrogens (tertiary/aromatic N) is 2. The first kappa shape index (κ1) is 28.1. The lowest BCUT2D eigenvalue weighted by Crippen LogP contribution is -2.52. The standard InChI is InChI=1S/C26H35N3O7S/c1-6-18(2)27-26(31)19(3)28(16-20-7-10-22(34-4)11-8-20)25(30)17-29(37(5,32)33)21-9-12-23-24(15-21)36-14-13-35-23/h7-12,15,18-19H,6,13-14,16-17H2,1-5H3,(H,27,31)/t18-,19-/m1/s1. The second kappa shape index (κ2) is 12.2. The Morgan fingerprint density at radius 1 is 1.05 bits per heavy atom. The van der Waals surface area contributed by atoms with Gasteiger partial charge in [0.25, 0.3) is 0 Å². The Bertz CT molecular complexity index is 1200. The fourth-order valence-corrected chi connectivity index (χ4v) is 4.62. The van der Waals surface area contributed by atoms with Crippen LogP contribution in [0.25, 0.3) is 0 Å². The molecule has 1 heterocycles. The quantitative estimate of drug-likeness (QED) is 0.472. The van der Waals surface area contributed by atoms with Gasteiger partial charge in [0.05, 0.1) is 19.1 Å². The lowest BCUT2D eigenvalue weighted by molar-refractivity contribution is -0.139. The number of carbonyl (C=O) groups is 2. The minimum Gasteiger partial charge on any atom is -0.497 e. The van der Waals surface area contributed by atoms with Crippen molar-refractivity contribution in [2.45, 2.75) is 45.8 Å². The lowest BCUT2D eigenvalue weighted by Gasteiger charge is -2.32. The number of amides is 2. The molecule has 0 spiro atoms. The molecule has 1 N–H and O–H groups in total. The largest absolute Gasteiger partial charge is 0.497 e. The van der Waals surface area contributed by atoms with Crippen molar-refractivity contribution in [3.8, 4) is 17.2 Å². The Morgan fingerprint density at radius 3 is 2.30 bits per heavy atom. The van der Waals surface area contributed by atoms with E-state index in [9.17, 15) is 18.0 Å². The third kappa shape index (κ3) is 7.28. The number of fused-ring (bicyclic) bond motifs is 1. The second-order valence-electron chi connectivity index (χ2n) is 8.96. The summed E-state index contributed by atoms with van der Waals surface area (Å²) in [6.07, 6.45) is 1.76. The van der Waals surface area contributed by atoms with Gasteiger partial charge in [0, 0.05) is 18.7 Å². The van der Waals surface area contributed by atoms with E-state index in [4.69, 9.17) is 14.2 Å². The summed E-state index contributed by atoms with van der Waals surface area (Å²) in [5, 5.41) is 2.90. The van der Waals surface area contributed by atoms with Gasteiger partial charge >= 0.3 is 0 Å². The first-order valence-corrected chi connectivity index (χ1v) is 14.0. The van der Waals surface area contributed by atoms with Crippen LogP contribution in [0, 0.1) is 0 Å². The number of methoxy groups -OCH3 is 1. The molecule has 3 rings (SSSR count). The minimum absolute atomic E-state index is 0.0712. The molecule has 202 valence electrons. The van der Waals surface area contributed by atoms with E-state index >= 15 is 0 Å². The van der Waals surface area contributed by atoms with E-state index in [1.165, 1.54) is 11.0 Å². The number of anilines is 1. The summed E-state index contributed by atoms with van der Waals surface area (Å²) in [5.41, 5.74) is 1.03. The van der Waals surface area contributed by atoms with Crippen molar-refractivity contribution in [3.05, 3.63) is 48.0 Å². The summed E-state index contributed by atoms with van der Waals surface area (Å²) < 4.78 is 42.9. The highest BCUT2D eigenvalue weighted by atomic mass is 32.2. The zero-order valence-corrected chi connectivity index (χ0v) is 22.7. The van der Waals surface area contributed by atoms with Crippen LogP contribution in [-0.2, 0) is 26.2 Å². The highest BCUT2D eigenvalue weighted by Crippen LogP contribution is 2.34. The maximum atomic E-state index is 13.7. The first-order valence-electron chi connectivity index (χ1n) is 12.1. The van der Waals surface area contributed by atoms with Crippen LogP contribution in [0.2, 0.25) is 0 Å². The van der Waals surface area contributed by atoms with Crippen molar-refractivity contribution in [1.82, 2.24) is 10.2 Å². The van der Waals surface area contributed by atoms with Crippen LogP contribution in [0.1, 0.15) is 32.8 Å². The molecular formula is C26H35N3O7S. The number of carbonyl (C=O) groups excluding carboxylic acids is 2. The smallest absolute Gasteiger partial charge is 0.244 e. The molecule has 0 aromatic heterocycles. The van der Waals surface area contributed by atoms with Crippen molar-refractivity contribution >= 4 is 27.5 Å². The first-order chi connectivity index (χ1) is 17.5. The van der Waals surface area contributed by atoms with Crippen LogP contribution in [-0.4, -0.2) is 70.3 Å². The molecule has 2 aromatic rings. The molecule has 0 saturated carbocycles. The molecule has 1 aliphatic rings. The van der Waals surface area contributed by atoms with Crippen molar-refractivity contribution in [2.24, 2.45) is 0 Å². The number of rotatable bonds is 11. The molecule has 2 aromatic carbocycles. The van der Waals surface area contributed by atoms with Gasteiger partial charge in [0.1, 0.15) is 31.5 Å². The Kier molecular flexibility index (Phi) is 9.25. The highest BCUT2D eigenvalue weighted by molar-refractivity contribution is 7.92. The molecule has 37 heavy (non-hydrogen) atoms. The average molecular weight is 534 g/mol. The van der Waals surface area contributed by atoms with Gasteiger partial charge in [-0.15, -0.1) is 0 Å². The maximum absolute atomic E-state index is 13.7. The molecule has 11 heteroatoms. The number of benzene rings is 2. The van der Waals surface area contributed by atoms with Gasteiger partial charge in [0.15, 0.2) is 11.5 Å². The molecule has 2 amide bonds. The zero-order valence-electron chi connectivity index (χ0n) is 21.9. The monoisotopic (exact) mass is 533 g/mol. The Balaban J connectivity index is 1.91. The number of ether oxygens (including phenoxy) is 3. The van der Waals surface area contributed by atoms with Gasteiger partial charge in [-0.2, -0.15) is 0 Å². The average Bonchev–Trinajstić information content (AvgIpc) is 2.89. The predicted molar refractivity (Wildman–Crippen MR) is 141 cm³/mol. The molecule has 0 saturated heterocycles. The molecule has 2 atom stereocenters. The van der Waals surface area contributed by atoms with Crippen LogP contribution in [0.4, 0.5) is 5.69 Å². The molecule has 0 aliphatic carbocycles. The van der Waals surface area contributed by atoms with Gasteiger partial charge in [-0.1, -0.05) is 19.1 Å². The normalized spacial score (nSPS) is 14.3. The van der Waals surface area contributed by atoms with Crippen molar-refractivity contribution < 1.29 is 32.2 Å². The summed E-state index contributed by atoms with van der Waals surface area (Å²) >= 11 is 0. The van der Waals surface area contributed by atoms with Crippen LogP contribution >= 0.6 is 0 Å². The third-order valence-electron chi connectivity index (χ3n) is 6.17. The fourth-order valence-electron chi connectivity index (χ4n) is 3.78. The fraction of sp³-hybridized carbons (Fsp3) is 0.462. The van der Waals surface area contributed by atoms with E-state index in [-0.39, 0.29) is 24.2 Å². The molecule has 0 fully saturated rings. The van der Waals surface area contributed by atoms with Crippen molar-refractivity contribution in [1.29, 1.82) is 0 Å². The topological polar surface area (TPSA) is 114 Å². The van der Waals surface area contributed by atoms with Gasteiger partial charge in [-0.05, 0) is 50.1 Å². The summed E-state index contributed by atoms with van der Waals surface area (Å²) in [5.74, 6) is 0.725. The summed E-state index contributed by atoms with van der Waals surface area (Å²) in [6, 6.07) is 10.9. The number of sulfonamides is 1. The number of hydrogen-bond donors (Lipinski definition) is 1. The Morgan fingerprint density at radius 2 is 1.70 bits per heavy atom. The SMILES string of the molecule is CC[C@@H](C)NC(=O)[C@@H](C)N(Cc1ccc(OC)cc1)C(=O)CN(c1ccc2c(c1)OCCO2)S(C)(=O)=O. The number of nitrogens with one attached hydrogen (secondary N) is 1. The summed E-state index contributed by atoms with van der Waals surface area (Å²) in [7, 11) is -2.29. The maximum Gasteiger partial charge on any atom is 0.244 e. The van der Waals surface area contributed by atoms with E-state index < -0.39 is 28.5 Å². The van der Waals surface area contributed by atoms with Crippen LogP contribution in [0.5, 0.6) is 17.2 Å². The van der Waals surface area contributed by atoms with E-state index in [1.807, 2.05) is 13.8 Å². The van der Waals surface area contributed by atoms with Gasteiger partial charge in [-0.25, -0.2) is 8.42 Å². The van der Waals surface area contributed by atoms with Crippen LogP contribution < -0.4 is 23.8 Å². The van der Waals surface area contributed by atoms with E-state index in [0.717, 1.165) is 22.5 Å². The molecule has 10 nitrogen and oxygen atoms in total. The highest BCUT2D eigenvalue weighted by Gasteiger charge is 2.31. The number of hydrogen-bond acceptors (Lipinski definition) is 7. The van der Waals surface area contributed by atoms with Gasteiger partial charge in [-0.3, -0.25) is 13.9 Å². The minimum atomic E-state index is -3.85. The Labute approximate surface area is 218 Å². The van der Waals surface area contributed by atoms with E-state index in [2.05, 4.69) is 5.32 Å². The zero-order chi connectivity index (χ0) is 27.2. The van der Waals surface area contributed by atoms with Gasteiger partial charge < -0.3 is 24.4 Å². The predicted octanol–water partition coefficient (Wildman–Crippen LogP) is 2.56. The summed E-state index contributed by atoms with van der Waals surface area (Å²) in [4.78, 5) is 28.0. The van der Waals surface area contributed by atoms with Crippen molar-refractivity contribution in [3.63, 3.8) is 0 Å². The molecule has 0 unspecified atom stereocenters. The van der Waals surface area contributed by atoms with E-state index in [0.29, 0.717) is 30.5 Å². The molecule has 1 aliphatic heterocycles. The second-order valence-corrected chi connectivity index (χ2v) is 10.9. The van der Waals surface area contributed by atoms with Gasteiger partial charge in [0.2, 0.25) is 21.8 Å². The molecular weight excluding hydrogens is 498 g/mol. The van der Waals surface area contributed by atoms with Crippen LogP contribution in [0.3, 0.4) is 0 Å². The Hall–Kier alpha value is -3.47. The lowest BCUT2D eigenvalue weighted by atomic mass is 10.1. The third-order valence-corrected chi connectivity index (χ3v) is 7.31. The van der Waals surface area contributed by atoms with Crippen LogP contribution in [0.15, 0.2) is 42.5 Å². The molecule has 0 radical (unpaired) electrons. The molecule has 0 bridgehead atoms. The summed E-state index contributed by atoms with van der Waals surface area (Å²) in [6.45, 7) is 5.82.